The maximum Gasteiger partial charge on any atom is 0.264 e. The van der Waals surface area contributed by atoms with E-state index < -0.39 is 0 Å². The van der Waals surface area contributed by atoms with E-state index in [-0.39, 0.29) is 11.5 Å². The monoisotopic (exact) mass is 363 g/mol. The predicted molar refractivity (Wildman–Crippen MR) is 105 cm³/mol. The second-order valence-electron chi connectivity index (χ2n) is 6.60. The fourth-order valence-electron chi connectivity index (χ4n) is 2.98. The van der Waals surface area contributed by atoms with Gasteiger partial charge in [-0.1, -0.05) is 39.5 Å². The van der Waals surface area contributed by atoms with Gasteiger partial charge in [0.2, 0.25) is 0 Å². The maximum absolute atomic E-state index is 13.1. The first-order valence-electron chi connectivity index (χ1n) is 9.25. The van der Waals surface area contributed by atoms with Crippen LogP contribution in [0.2, 0.25) is 0 Å². The molecule has 2 aromatic heterocycles. The first-order chi connectivity index (χ1) is 12.0. The number of amides is 1. The highest BCUT2D eigenvalue weighted by atomic mass is 32.1. The van der Waals surface area contributed by atoms with Gasteiger partial charge in [0.15, 0.2) is 0 Å². The summed E-state index contributed by atoms with van der Waals surface area (Å²) in [5.41, 5.74) is 0.691. The predicted octanol–water partition coefficient (Wildman–Crippen LogP) is 4.13. The van der Waals surface area contributed by atoms with Crippen LogP contribution in [0, 0.1) is 6.92 Å². The summed E-state index contributed by atoms with van der Waals surface area (Å²) in [6, 6.07) is 0. The van der Waals surface area contributed by atoms with Gasteiger partial charge in [-0.15, -0.1) is 11.3 Å². The topological polar surface area (TPSA) is 55.2 Å². The van der Waals surface area contributed by atoms with Crippen molar-refractivity contribution in [2.24, 2.45) is 7.05 Å². The molecular weight excluding hydrogens is 334 g/mol. The molecule has 0 saturated carbocycles. The van der Waals surface area contributed by atoms with E-state index in [1.807, 2.05) is 11.8 Å². The molecule has 0 spiro atoms. The summed E-state index contributed by atoms with van der Waals surface area (Å²) >= 11 is 1.35. The van der Waals surface area contributed by atoms with Crippen LogP contribution in [0.15, 0.2) is 11.1 Å². The molecule has 0 atom stereocenters. The summed E-state index contributed by atoms with van der Waals surface area (Å²) in [6.45, 7) is 7.78. The molecule has 0 saturated heterocycles. The van der Waals surface area contributed by atoms with Gasteiger partial charge in [-0.05, 0) is 25.3 Å². The number of unbranched alkanes of at least 4 members (excludes halogenated alkanes) is 4. The largest absolute Gasteiger partial charge is 0.338 e. The number of aromatic nitrogens is 2. The molecule has 0 unspecified atom stereocenters. The van der Waals surface area contributed by atoms with Gasteiger partial charge in [0.05, 0.1) is 16.6 Å². The van der Waals surface area contributed by atoms with Crippen molar-refractivity contribution in [1.82, 2.24) is 14.5 Å². The Hall–Kier alpha value is -1.69. The molecule has 25 heavy (non-hydrogen) atoms. The Labute approximate surface area is 153 Å². The maximum atomic E-state index is 13.1. The lowest BCUT2D eigenvalue weighted by molar-refractivity contribution is 0.0754. The highest BCUT2D eigenvalue weighted by Crippen LogP contribution is 2.28. The van der Waals surface area contributed by atoms with E-state index in [9.17, 15) is 9.59 Å². The third kappa shape index (κ3) is 4.48. The molecule has 6 heteroatoms. The molecule has 2 aromatic rings. The first-order valence-corrected chi connectivity index (χ1v) is 10.1. The van der Waals surface area contributed by atoms with E-state index in [1.54, 1.807) is 7.05 Å². The lowest BCUT2D eigenvalue weighted by Crippen LogP contribution is -2.33. The number of thiophene rings is 1. The molecule has 0 N–H and O–H groups in total. The average Bonchev–Trinajstić information content (AvgIpc) is 2.94. The van der Waals surface area contributed by atoms with Crippen LogP contribution >= 0.6 is 11.3 Å². The van der Waals surface area contributed by atoms with Gasteiger partial charge in [0.25, 0.3) is 11.5 Å². The number of carbonyl (C=O) groups excluding carboxylic acids is 1. The Kier molecular flexibility index (Phi) is 7.17. The van der Waals surface area contributed by atoms with Crippen molar-refractivity contribution in [2.45, 2.75) is 59.3 Å². The summed E-state index contributed by atoms with van der Waals surface area (Å²) in [5.74, 6) is 0.0507. The average molecular weight is 364 g/mol. The second-order valence-corrected chi connectivity index (χ2v) is 7.60. The van der Waals surface area contributed by atoms with Crippen molar-refractivity contribution in [3.05, 3.63) is 27.1 Å². The zero-order chi connectivity index (χ0) is 18.4. The van der Waals surface area contributed by atoms with E-state index in [0.29, 0.717) is 15.1 Å². The van der Waals surface area contributed by atoms with Crippen molar-refractivity contribution < 1.29 is 4.79 Å². The standard InChI is InChI=1S/C19H29N3O2S/c1-5-7-9-11-22(12-10-8-6-2)19(24)16-14(3)15-17(25-16)20-13-21(4)18(15)23/h13H,5-12H2,1-4H3. The van der Waals surface area contributed by atoms with Crippen molar-refractivity contribution in [1.29, 1.82) is 0 Å². The lowest BCUT2D eigenvalue weighted by Gasteiger charge is -2.22. The van der Waals surface area contributed by atoms with E-state index >= 15 is 0 Å². The van der Waals surface area contributed by atoms with Crippen LogP contribution in [-0.2, 0) is 7.05 Å². The van der Waals surface area contributed by atoms with Crippen LogP contribution in [0.1, 0.15) is 67.6 Å². The smallest absolute Gasteiger partial charge is 0.264 e. The summed E-state index contributed by atoms with van der Waals surface area (Å²) < 4.78 is 1.47. The SMILES string of the molecule is CCCCCN(CCCCC)C(=O)c1sc2ncn(C)c(=O)c2c1C. The number of hydrogen-bond donors (Lipinski definition) is 0. The molecular formula is C19H29N3O2S. The number of aryl methyl sites for hydroxylation is 2. The molecule has 0 aliphatic rings. The molecule has 0 aliphatic heterocycles. The highest BCUT2D eigenvalue weighted by molar-refractivity contribution is 7.20. The van der Waals surface area contributed by atoms with E-state index in [0.717, 1.165) is 57.2 Å². The Morgan fingerprint density at radius 3 is 2.32 bits per heavy atom. The lowest BCUT2D eigenvalue weighted by atomic mass is 10.1. The van der Waals surface area contributed by atoms with Gasteiger partial charge in [0, 0.05) is 20.1 Å². The summed E-state index contributed by atoms with van der Waals surface area (Å²) in [6.07, 6.45) is 8.11. The minimum absolute atomic E-state index is 0.0507. The zero-order valence-corrected chi connectivity index (χ0v) is 16.6. The molecule has 0 aromatic carbocycles. The second kappa shape index (κ2) is 9.13. The number of hydrogen-bond acceptors (Lipinski definition) is 4. The quantitative estimate of drug-likeness (QED) is 0.630. The number of carbonyl (C=O) groups is 1. The third-order valence-electron chi connectivity index (χ3n) is 4.56. The fourth-order valence-corrected chi connectivity index (χ4v) is 4.08. The Balaban J connectivity index is 2.30. The first kappa shape index (κ1) is 19.6. The van der Waals surface area contributed by atoms with Crippen LogP contribution < -0.4 is 5.56 Å². The number of fused-ring (bicyclic) bond motifs is 1. The van der Waals surface area contributed by atoms with Gasteiger partial charge in [-0.2, -0.15) is 0 Å². The van der Waals surface area contributed by atoms with Crippen LogP contribution in [0.5, 0.6) is 0 Å². The minimum Gasteiger partial charge on any atom is -0.338 e. The molecule has 0 aliphatic carbocycles. The Bertz CT molecular complexity index is 769. The number of rotatable bonds is 9. The molecule has 1 amide bonds. The molecule has 0 bridgehead atoms. The molecule has 2 heterocycles. The van der Waals surface area contributed by atoms with Crippen molar-refractivity contribution >= 4 is 27.5 Å². The normalized spacial score (nSPS) is 11.2. The fraction of sp³-hybridized carbons (Fsp3) is 0.632. The van der Waals surface area contributed by atoms with Crippen molar-refractivity contribution in [3.8, 4) is 0 Å². The summed E-state index contributed by atoms with van der Waals surface area (Å²) in [5, 5.41) is 0.584. The van der Waals surface area contributed by atoms with Crippen LogP contribution in [0.4, 0.5) is 0 Å². The summed E-state index contributed by atoms with van der Waals surface area (Å²) in [7, 11) is 1.69. The van der Waals surface area contributed by atoms with Gasteiger partial charge in [-0.3, -0.25) is 9.59 Å². The third-order valence-corrected chi connectivity index (χ3v) is 5.74. The van der Waals surface area contributed by atoms with Crippen LogP contribution in [0.3, 0.4) is 0 Å². The zero-order valence-electron chi connectivity index (χ0n) is 15.8. The van der Waals surface area contributed by atoms with Gasteiger partial charge in [-0.25, -0.2) is 4.98 Å². The van der Waals surface area contributed by atoms with E-state index in [1.165, 1.54) is 22.2 Å². The van der Waals surface area contributed by atoms with E-state index in [4.69, 9.17) is 0 Å². The van der Waals surface area contributed by atoms with E-state index in [2.05, 4.69) is 18.8 Å². The Morgan fingerprint density at radius 2 is 1.76 bits per heavy atom. The van der Waals surface area contributed by atoms with Crippen LogP contribution in [-0.4, -0.2) is 33.4 Å². The molecule has 5 nitrogen and oxygen atoms in total. The van der Waals surface area contributed by atoms with Crippen molar-refractivity contribution in [3.63, 3.8) is 0 Å². The van der Waals surface area contributed by atoms with Crippen LogP contribution in [0.25, 0.3) is 10.2 Å². The number of nitrogens with zero attached hydrogens (tertiary/aromatic N) is 3. The Morgan fingerprint density at radius 1 is 1.16 bits per heavy atom. The molecule has 0 radical (unpaired) electrons. The molecule has 0 fully saturated rings. The molecule has 2 rings (SSSR count). The molecule has 138 valence electrons. The van der Waals surface area contributed by atoms with Gasteiger partial charge < -0.3 is 9.47 Å². The van der Waals surface area contributed by atoms with Gasteiger partial charge in [0.1, 0.15) is 4.83 Å². The minimum atomic E-state index is -0.0821. The highest BCUT2D eigenvalue weighted by Gasteiger charge is 2.23. The van der Waals surface area contributed by atoms with Gasteiger partial charge >= 0.3 is 0 Å². The summed E-state index contributed by atoms with van der Waals surface area (Å²) in [4.78, 5) is 33.1. The van der Waals surface area contributed by atoms with Crippen molar-refractivity contribution in [2.75, 3.05) is 13.1 Å².